The molecular weight excluding hydrogens is 483 g/mol. The van der Waals surface area contributed by atoms with Crippen LogP contribution in [0.5, 0.6) is 0 Å². The summed E-state index contributed by atoms with van der Waals surface area (Å²) in [5, 5.41) is 6.05. The highest BCUT2D eigenvalue weighted by molar-refractivity contribution is 6.31. The Hall–Kier alpha value is -3.21. The Balaban J connectivity index is 1.63. The quantitative estimate of drug-likeness (QED) is 0.394. The molecule has 0 unspecified atom stereocenters. The van der Waals surface area contributed by atoms with Crippen molar-refractivity contribution < 1.29 is 31.2 Å². The van der Waals surface area contributed by atoms with Gasteiger partial charge in [0.15, 0.2) is 0 Å². The third-order valence-electron chi connectivity index (χ3n) is 5.37. The van der Waals surface area contributed by atoms with Gasteiger partial charge in [0.1, 0.15) is 11.6 Å². The first-order valence-electron chi connectivity index (χ1n) is 10.3. The molecule has 2 aromatic carbocycles. The first-order chi connectivity index (χ1) is 16.1. The number of carbonyl (C=O) groups excluding carboxylic acids is 1. The predicted molar refractivity (Wildman–Crippen MR) is 113 cm³/mol. The van der Waals surface area contributed by atoms with Gasteiger partial charge < -0.3 is 9.32 Å². The number of urea groups is 1. The van der Waals surface area contributed by atoms with Crippen LogP contribution in [0.3, 0.4) is 0 Å². The molecule has 12 heteroatoms. The summed E-state index contributed by atoms with van der Waals surface area (Å²) in [6.07, 6.45) is -2.17. The van der Waals surface area contributed by atoms with Crippen molar-refractivity contribution >= 4 is 23.3 Å². The van der Waals surface area contributed by atoms with Crippen molar-refractivity contribution in [3.05, 3.63) is 64.5 Å². The molecule has 1 fully saturated rings. The van der Waals surface area contributed by atoms with Gasteiger partial charge in [-0.2, -0.15) is 13.2 Å². The molecule has 3 aromatic rings. The van der Waals surface area contributed by atoms with Crippen LogP contribution in [-0.4, -0.2) is 34.2 Å². The summed E-state index contributed by atoms with van der Waals surface area (Å²) in [4.78, 5) is 16.2. The predicted octanol–water partition coefficient (Wildman–Crippen LogP) is 6.30. The highest BCUT2D eigenvalue weighted by Gasteiger charge is 2.38. The molecule has 0 N–H and O–H groups in total. The second-order valence-electron chi connectivity index (χ2n) is 7.73. The van der Waals surface area contributed by atoms with Gasteiger partial charge in [-0.1, -0.05) is 17.7 Å². The molecule has 1 aliphatic heterocycles. The van der Waals surface area contributed by atoms with Crippen LogP contribution >= 0.6 is 11.6 Å². The van der Waals surface area contributed by atoms with E-state index in [9.17, 15) is 26.7 Å². The average molecular weight is 501 g/mol. The van der Waals surface area contributed by atoms with Crippen molar-refractivity contribution in [2.24, 2.45) is 0 Å². The average Bonchev–Trinajstić information content (AvgIpc) is 3.31. The standard InChI is InChI=1S/C22H18ClF5N4O2/c23-16-11-15(6-7-17(16)24)32(21(33)31-8-2-1-3-9-31)12-14-5-4-13(10-18(14)25)19-29-30-20(34-19)22(26,27)28/h4-7,10-11H,1-3,8-9,12H2. The molecule has 4 rings (SSSR count). The minimum atomic E-state index is -4.82. The van der Waals surface area contributed by atoms with Crippen LogP contribution in [0.1, 0.15) is 30.7 Å². The lowest BCUT2D eigenvalue weighted by molar-refractivity contribution is -0.156. The minimum Gasteiger partial charge on any atom is -0.413 e. The van der Waals surface area contributed by atoms with Crippen molar-refractivity contribution in [3.63, 3.8) is 0 Å². The molecule has 0 aliphatic carbocycles. The number of nitrogens with zero attached hydrogens (tertiary/aromatic N) is 4. The second-order valence-corrected chi connectivity index (χ2v) is 8.14. The lowest BCUT2D eigenvalue weighted by atomic mass is 10.1. The second kappa shape index (κ2) is 9.57. The Morgan fingerprint density at radius 1 is 1.03 bits per heavy atom. The van der Waals surface area contributed by atoms with Gasteiger partial charge in [0, 0.05) is 29.9 Å². The number of rotatable bonds is 4. The maximum absolute atomic E-state index is 15.0. The smallest absolute Gasteiger partial charge is 0.413 e. The van der Waals surface area contributed by atoms with E-state index < -0.39 is 35.6 Å². The summed E-state index contributed by atoms with van der Waals surface area (Å²) in [6.45, 7) is 0.843. The molecular formula is C22H18ClF5N4O2. The molecule has 1 saturated heterocycles. The van der Waals surface area contributed by atoms with Gasteiger partial charge in [-0.15, -0.1) is 10.2 Å². The van der Waals surface area contributed by atoms with Crippen molar-refractivity contribution in [1.29, 1.82) is 0 Å². The van der Waals surface area contributed by atoms with Crippen LogP contribution in [0.15, 0.2) is 40.8 Å². The zero-order valence-corrected chi connectivity index (χ0v) is 18.3. The van der Waals surface area contributed by atoms with Crippen molar-refractivity contribution in [3.8, 4) is 11.5 Å². The minimum absolute atomic E-state index is 0.0528. The lowest BCUT2D eigenvalue weighted by Crippen LogP contribution is -2.45. The largest absolute Gasteiger partial charge is 0.470 e. The Kier molecular flexibility index (Phi) is 6.74. The first-order valence-corrected chi connectivity index (χ1v) is 10.7. The summed E-state index contributed by atoms with van der Waals surface area (Å²) in [6, 6.07) is 6.94. The van der Waals surface area contributed by atoms with E-state index >= 15 is 0 Å². The molecule has 2 amide bonds. The SMILES string of the molecule is O=C(N1CCCCC1)N(Cc1ccc(-c2nnc(C(F)(F)F)o2)cc1F)c1ccc(F)c(Cl)c1. The Morgan fingerprint density at radius 2 is 1.76 bits per heavy atom. The number of hydrogen-bond acceptors (Lipinski definition) is 4. The monoisotopic (exact) mass is 500 g/mol. The van der Waals surface area contributed by atoms with Gasteiger partial charge >= 0.3 is 18.1 Å². The molecule has 1 aliphatic rings. The van der Waals surface area contributed by atoms with E-state index in [1.54, 1.807) is 4.90 Å². The van der Waals surface area contributed by atoms with Crippen LogP contribution in [0.4, 0.5) is 32.4 Å². The maximum atomic E-state index is 15.0. The fourth-order valence-corrected chi connectivity index (χ4v) is 3.79. The summed E-state index contributed by atoms with van der Waals surface area (Å²) < 4.78 is 71.3. The van der Waals surface area contributed by atoms with E-state index in [-0.39, 0.29) is 28.4 Å². The van der Waals surface area contributed by atoms with E-state index in [0.717, 1.165) is 31.4 Å². The maximum Gasteiger partial charge on any atom is 0.470 e. The number of hydrogen-bond donors (Lipinski definition) is 0. The van der Waals surface area contributed by atoms with Crippen molar-refractivity contribution in [2.75, 3.05) is 18.0 Å². The zero-order chi connectivity index (χ0) is 24.5. The number of benzene rings is 2. The third kappa shape index (κ3) is 5.14. The first kappa shape index (κ1) is 23.9. The number of carbonyl (C=O) groups is 1. The summed E-state index contributed by atoms with van der Waals surface area (Å²) in [7, 11) is 0. The number of halogens is 6. The van der Waals surface area contributed by atoms with E-state index in [0.29, 0.717) is 13.1 Å². The van der Waals surface area contributed by atoms with E-state index in [1.165, 1.54) is 29.2 Å². The van der Waals surface area contributed by atoms with Gasteiger partial charge in [-0.05, 0) is 49.6 Å². The van der Waals surface area contributed by atoms with Crippen LogP contribution in [0, 0.1) is 11.6 Å². The number of anilines is 1. The molecule has 0 saturated carbocycles. The highest BCUT2D eigenvalue weighted by atomic mass is 35.5. The number of amides is 2. The van der Waals surface area contributed by atoms with Gasteiger partial charge in [0.05, 0.1) is 11.6 Å². The normalized spacial score (nSPS) is 14.4. The van der Waals surface area contributed by atoms with Crippen LogP contribution < -0.4 is 4.90 Å². The van der Waals surface area contributed by atoms with E-state index in [1.807, 2.05) is 0 Å². The summed E-state index contributed by atoms with van der Waals surface area (Å²) in [5.41, 5.74) is 0.297. The zero-order valence-electron chi connectivity index (χ0n) is 17.6. The van der Waals surface area contributed by atoms with Gasteiger partial charge in [0.25, 0.3) is 0 Å². The van der Waals surface area contributed by atoms with E-state index in [4.69, 9.17) is 11.6 Å². The molecule has 0 bridgehead atoms. The molecule has 2 heterocycles. The fourth-order valence-electron chi connectivity index (χ4n) is 3.61. The van der Waals surface area contributed by atoms with Gasteiger partial charge in [-0.25, -0.2) is 13.6 Å². The number of likely N-dealkylation sites (tertiary alicyclic amines) is 1. The fraction of sp³-hybridized carbons (Fsp3) is 0.318. The Labute approximate surface area is 195 Å². The number of piperidine rings is 1. The molecule has 0 atom stereocenters. The Morgan fingerprint density at radius 3 is 2.38 bits per heavy atom. The topological polar surface area (TPSA) is 62.5 Å². The summed E-state index contributed by atoms with van der Waals surface area (Å²) >= 11 is 5.90. The number of aromatic nitrogens is 2. The van der Waals surface area contributed by atoms with Crippen molar-refractivity contribution in [1.82, 2.24) is 15.1 Å². The van der Waals surface area contributed by atoms with E-state index in [2.05, 4.69) is 14.6 Å². The van der Waals surface area contributed by atoms with Crippen LogP contribution in [-0.2, 0) is 12.7 Å². The Bertz CT molecular complexity index is 1190. The highest BCUT2D eigenvalue weighted by Crippen LogP contribution is 2.31. The number of alkyl halides is 3. The van der Waals surface area contributed by atoms with Crippen molar-refractivity contribution in [2.45, 2.75) is 32.0 Å². The molecule has 180 valence electrons. The third-order valence-corrected chi connectivity index (χ3v) is 5.66. The summed E-state index contributed by atoms with van der Waals surface area (Å²) in [5.74, 6) is -3.50. The van der Waals surface area contributed by atoms with Gasteiger partial charge in [0.2, 0.25) is 5.89 Å². The molecule has 1 aromatic heterocycles. The van der Waals surface area contributed by atoms with Crippen LogP contribution in [0.25, 0.3) is 11.5 Å². The molecule has 6 nitrogen and oxygen atoms in total. The molecule has 34 heavy (non-hydrogen) atoms. The van der Waals surface area contributed by atoms with Gasteiger partial charge in [-0.3, -0.25) is 4.90 Å². The van der Waals surface area contributed by atoms with Crippen LogP contribution in [0.2, 0.25) is 5.02 Å². The molecule has 0 spiro atoms. The lowest BCUT2D eigenvalue weighted by Gasteiger charge is -2.33. The molecule has 0 radical (unpaired) electrons.